The summed E-state index contributed by atoms with van der Waals surface area (Å²) >= 11 is 0. The van der Waals surface area contributed by atoms with E-state index in [-0.39, 0.29) is 11.3 Å². The van der Waals surface area contributed by atoms with Crippen LogP contribution in [-0.2, 0) is 0 Å². The highest BCUT2D eigenvalue weighted by Crippen LogP contribution is 2.23. The van der Waals surface area contributed by atoms with Crippen LogP contribution >= 0.6 is 0 Å². The van der Waals surface area contributed by atoms with E-state index in [4.69, 9.17) is 5.73 Å². The quantitative estimate of drug-likeness (QED) is 0.736. The lowest BCUT2D eigenvalue weighted by Gasteiger charge is -2.05. The van der Waals surface area contributed by atoms with Crippen LogP contribution in [0.5, 0.6) is 0 Å². The van der Waals surface area contributed by atoms with E-state index in [1.54, 1.807) is 18.3 Å². The van der Waals surface area contributed by atoms with Gasteiger partial charge in [0.25, 0.3) is 0 Å². The van der Waals surface area contributed by atoms with Gasteiger partial charge in [0.05, 0.1) is 11.9 Å². The largest absolute Gasteiger partial charge is 0.399 e. The van der Waals surface area contributed by atoms with Crippen LogP contribution in [0, 0.1) is 18.6 Å². The van der Waals surface area contributed by atoms with Crippen LogP contribution in [0.15, 0.2) is 42.6 Å². The van der Waals surface area contributed by atoms with Gasteiger partial charge in [-0.2, -0.15) is 0 Å². The van der Waals surface area contributed by atoms with E-state index in [0.29, 0.717) is 5.69 Å². The maximum atomic E-state index is 13.7. The average molecular weight is 286 g/mol. The topological polar surface area (TPSA) is 56.7 Å². The fourth-order valence-electron chi connectivity index (χ4n) is 2.07. The summed E-state index contributed by atoms with van der Waals surface area (Å²) in [5.41, 5.74) is 8.36. The van der Waals surface area contributed by atoms with Gasteiger partial charge in [0.1, 0.15) is 17.3 Å². The molecule has 0 aliphatic rings. The molecule has 0 saturated carbocycles. The Hall–Kier alpha value is -2.76. The molecule has 0 bridgehead atoms. The average Bonchev–Trinajstić information content (AvgIpc) is 2.93. The molecule has 0 spiro atoms. The Morgan fingerprint density at radius 1 is 1.10 bits per heavy atom. The molecular formula is C15H12F2N4. The van der Waals surface area contributed by atoms with Crippen LogP contribution in [0.25, 0.3) is 16.9 Å². The zero-order chi connectivity index (χ0) is 15.0. The molecule has 0 aliphatic heterocycles. The fourth-order valence-corrected chi connectivity index (χ4v) is 2.07. The van der Waals surface area contributed by atoms with Crippen molar-refractivity contribution < 1.29 is 8.78 Å². The number of aryl methyl sites for hydroxylation is 1. The number of nitrogens with zero attached hydrogens (tertiary/aromatic N) is 3. The standard InChI is InChI=1S/C15H12F2N4/c1-9-2-4-11(18)7-15(9)21-8-14(19-20-21)12-6-10(16)3-5-13(12)17/h2-8H,18H2,1H3. The Balaban J connectivity index is 2.08. The Kier molecular flexibility index (Phi) is 3.13. The molecule has 1 heterocycles. The molecule has 0 atom stereocenters. The Morgan fingerprint density at radius 2 is 1.90 bits per heavy atom. The molecule has 6 heteroatoms. The van der Waals surface area contributed by atoms with Crippen molar-refractivity contribution in [1.82, 2.24) is 15.0 Å². The van der Waals surface area contributed by atoms with E-state index >= 15 is 0 Å². The van der Waals surface area contributed by atoms with Crippen molar-refractivity contribution in [2.45, 2.75) is 6.92 Å². The molecule has 3 aromatic rings. The van der Waals surface area contributed by atoms with Gasteiger partial charge in [-0.15, -0.1) is 5.10 Å². The van der Waals surface area contributed by atoms with E-state index in [0.717, 1.165) is 29.4 Å². The third kappa shape index (κ3) is 2.47. The summed E-state index contributed by atoms with van der Waals surface area (Å²) in [6, 6.07) is 8.60. The first-order chi connectivity index (χ1) is 10.0. The molecule has 0 aliphatic carbocycles. The van der Waals surface area contributed by atoms with Gasteiger partial charge in [-0.3, -0.25) is 0 Å². The maximum absolute atomic E-state index is 13.7. The highest BCUT2D eigenvalue weighted by molar-refractivity contribution is 5.60. The smallest absolute Gasteiger partial charge is 0.132 e. The minimum Gasteiger partial charge on any atom is -0.399 e. The Bertz CT molecular complexity index is 745. The lowest BCUT2D eigenvalue weighted by molar-refractivity contribution is 0.602. The summed E-state index contributed by atoms with van der Waals surface area (Å²) in [5, 5.41) is 7.86. The van der Waals surface area contributed by atoms with Gasteiger partial charge in [-0.25, -0.2) is 13.5 Å². The zero-order valence-electron chi connectivity index (χ0n) is 11.2. The number of nitrogens with two attached hydrogens (primary N) is 1. The normalized spacial score (nSPS) is 10.8. The van der Waals surface area contributed by atoms with Crippen molar-refractivity contribution in [3.8, 4) is 16.9 Å². The number of halogens is 2. The number of nitrogen functional groups attached to an aromatic ring is 1. The summed E-state index contributed by atoms with van der Waals surface area (Å²) in [7, 11) is 0. The SMILES string of the molecule is Cc1ccc(N)cc1-n1cc(-c2cc(F)ccc2F)nn1. The Labute approximate surface area is 119 Å². The highest BCUT2D eigenvalue weighted by atomic mass is 19.1. The van der Waals surface area contributed by atoms with Gasteiger partial charge in [-0.1, -0.05) is 11.3 Å². The first-order valence-corrected chi connectivity index (χ1v) is 6.29. The van der Waals surface area contributed by atoms with Crippen molar-refractivity contribution in [3.05, 3.63) is 59.8 Å². The summed E-state index contributed by atoms with van der Waals surface area (Å²) < 4.78 is 28.5. The second-order valence-electron chi connectivity index (χ2n) is 4.72. The fraction of sp³-hybridized carbons (Fsp3) is 0.0667. The minimum atomic E-state index is -0.548. The molecule has 1 aromatic heterocycles. The molecule has 0 saturated heterocycles. The number of benzene rings is 2. The van der Waals surface area contributed by atoms with Crippen LogP contribution < -0.4 is 5.73 Å². The number of aromatic nitrogens is 3. The van der Waals surface area contributed by atoms with Crippen molar-refractivity contribution in [1.29, 1.82) is 0 Å². The van der Waals surface area contributed by atoms with Crippen LogP contribution in [-0.4, -0.2) is 15.0 Å². The number of hydrogen-bond acceptors (Lipinski definition) is 3. The highest BCUT2D eigenvalue weighted by Gasteiger charge is 2.12. The zero-order valence-corrected chi connectivity index (χ0v) is 11.2. The first kappa shape index (κ1) is 13.2. The third-order valence-electron chi connectivity index (χ3n) is 3.18. The molecule has 21 heavy (non-hydrogen) atoms. The van der Waals surface area contributed by atoms with E-state index in [9.17, 15) is 8.78 Å². The van der Waals surface area contributed by atoms with E-state index in [1.807, 2.05) is 13.0 Å². The van der Waals surface area contributed by atoms with Crippen LogP contribution in [0.3, 0.4) is 0 Å². The molecule has 3 rings (SSSR count). The van der Waals surface area contributed by atoms with E-state index in [2.05, 4.69) is 10.3 Å². The molecule has 0 unspecified atom stereocenters. The minimum absolute atomic E-state index is 0.0720. The second kappa shape index (κ2) is 4.97. The molecule has 2 aromatic carbocycles. The van der Waals surface area contributed by atoms with Crippen molar-refractivity contribution in [2.24, 2.45) is 0 Å². The molecule has 4 nitrogen and oxygen atoms in total. The van der Waals surface area contributed by atoms with Gasteiger partial charge < -0.3 is 5.73 Å². The van der Waals surface area contributed by atoms with Gasteiger partial charge in [0.15, 0.2) is 0 Å². The lowest BCUT2D eigenvalue weighted by atomic mass is 10.1. The van der Waals surface area contributed by atoms with Gasteiger partial charge >= 0.3 is 0 Å². The molecule has 0 fully saturated rings. The summed E-state index contributed by atoms with van der Waals surface area (Å²) in [4.78, 5) is 0. The summed E-state index contributed by atoms with van der Waals surface area (Å²) in [5.74, 6) is -1.08. The molecule has 2 N–H and O–H groups in total. The van der Waals surface area contributed by atoms with Gasteiger partial charge in [-0.05, 0) is 42.8 Å². The van der Waals surface area contributed by atoms with E-state index < -0.39 is 11.6 Å². The molecule has 0 amide bonds. The Morgan fingerprint density at radius 3 is 2.71 bits per heavy atom. The number of anilines is 1. The molecule has 0 radical (unpaired) electrons. The summed E-state index contributed by atoms with van der Waals surface area (Å²) in [6.07, 6.45) is 1.54. The lowest BCUT2D eigenvalue weighted by Crippen LogP contribution is -1.99. The second-order valence-corrected chi connectivity index (χ2v) is 4.72. The first-order valence-electron chi connectivity index (χ1n) is 6.29. The van der Waals surface area contributed by atoms with Gasteiger partial charge in [0.2, 0.25) is 0 Å². The number of hydrogen-bond donors (Lipinski definition) is 1. The van der Waals surface area contributed by atoms with Crippen LogP contribution in [0.4, 0.5) is 14.5 Å². The third-order valence-corrected chi connectivity index (χ3v) is 3.18. The molecular weight excluding hydrogens is 274 g/mol. The molecule has 106 valence electrons. The number of rotatable bonds is 2. The van der Waals surface area contributed by atoms with Gasteiger partial charge in [0, 0.05) is 11.3 Å². The summed E-state index contributed by atoms with van der Waals surface area (Å²) in [6.45, 7) is 1.90. The van der Waals surface area contributed by atoms with Crippen LogP contribution in [0.2, 0.25) is 0 Å². The van der Waals surface area contributed by atoms with Crippen molar-refractivity contribution in [2.75, 3.05) is 5.73 Å². The maximum Gasteiger partial charge on any atom is 0.132 e. The monoisotopic (exact) mass is 286 g/mol. The van der Waals surface area contributed by atoms with Crippen LogP contribution in [0.1, 0.15) is 5.56 Å². The van der Waals surface area contributed by atoms with Crippen molar-refractivity contribution in [3.63, 3.8) is 0 Å². The van der Waals surface area contributed by atoms with E-state index in [1.165, 1.54) is 4.68 Å². The van der Waals surface area contributed by atoms with Crippen molar-refractivity contribution >= 4 is 5.69 Å². The predicted octanol–water partition coefficient (Wildman–Crippen LogP) is 3.10. The predicted molar refractivity (Wildman–Crippen MR) is 75.9 cm³/mol.